The highest BCUT2D eigenvalue weighted by atomic mass is 32.2. The first kappa shape index (κ1) is 24.2. The molecule has 3 N–H and O–H groups in total. The molecule has 0 radical (unpaired) electrons. The minimum Gasteiger partial charge on any atom is -0.388 e. The maximum atomic E-state index is 12.9. The third-order valence-corrected chi connectivity index (χ3v) is 6.77. The Balaban J connectivity index is 1.81. The lowest BCUT2D eigenvalue weighted by molar-refractivity contribution is -0.110. The van der Waals surface area contributed by atoms with E-state index >= 15 is 0 Å². The van der Waals surface area contributed by atoms with Crippen LogP contribution in [-0.4, -0.2) is 54.5 Å². The fraction of sp³-hybridized carbons (Fsp3) is 0.250. The van der Waals surface area contributed by atoms with Gasteiger partial charge in [-0.15, -0.1) is 11.3 Å². The maximum absolute atomic E-state index is 12.9. The Morgan fingerprint density at radius 2 is 1.97 bits per heavy atom. The molecule has 0 spiro atoms. The molecule has 11 nitrogen and oxygen atoms in total. The number of thiazole rings is 1. The Kier molecular flexibility index (Phi) is 8.40. The monoisotopic (exact) mass is 490 g/mol. The molecule has 0 unspecified atom stereocenters. The lowest BCUT2D eigenvalue weighted by Crippen LogP contribution is -2.25. The third-order valence-electron chi connectivity index (χ3n) is 4.20. The van der Waals surface area contributed by atoms with Gasteiger partial charge in [0.15, 0.2) is 28.0 Å². The number of nitrogens with one attached hydrogen (secondary N) is 1. The lowest BCUT2D eigenvalue weighted by atomic mass is 10.1. The molecule has 0 bridgehead atoms. The highest BCUT2D eigenvalue weighted by Crippen LogP contribution is 2.16. The van der Waals surface area contributed by atoms with Gasteiger partial charge in [-0.05, 0) is 18.6 Å². The summed E-state index contributed by atoms with van der Waals surface area (Å²) in [6.45, 7) is 0.418. The summed E-state index contributed by atoms with van der Waals surface area (Å²) < 4.78 is 29.9. The Morgan fingerprint density at radius 1 is 1.18 bits per heavy atom. The van der Waals surface area contributed by atoms with Gasteiger partial charge in [0, 0.05) is 30.9 Å². The summed E-state index contributed by atoms with van der Waals surface area (Å²) >= 11 is 1.38. The Hall–Kier alpha value is -3.42. The van der Waals surface area contributed by atoms with Gasteiger partial charge in [0.1, 0.15) is 10.8 Å². The molecule has 0 aliphatic carbocycles. The Morgan fingerprint density at radius 3 is 2.61 bits per heavy atom. The van der Waals surface area contributed by atoms with Crippen molar-refractivity contribution in [1.82, 2.24) is 15.0 Å². The van der Waals surface area contributed by atoms with Crippen molar-refractivity contribution >= 4 is 44.4 Å². The molecule has 0 saturated heterocycles. The van der Waals surface area contributed by atoms with E-state index in [0.717, 1.165) is 0 Å². The van der Waals surface area contributed by atoms with Gasteiger partial charge in [0.25, 0.3) is 5.91 Å². The molecule has 2 heterocycles. The molecule has 0 aliphatic heterocycles. The minimum atomic E-state index is -3.48. The number of ether oxygens (including phenoxy) is 1. The SMILES string of the molecule is COCCCS(=O)(=O)c1ccc(C(=NOCc2nccs2)C(=O)Nc2cnc(N)cn2)cc1. The van der Waals surface area contributed by atoms with Crippen LogP contribution in [0, 0.1) is 0 Å². The molecule has 0 fully saturated rings. The van der Waals surface area contributed by atoms with Crippen LogP contribution in [0.3, 0.4) is 0 Å². The van der Waals surface area contributed by atoms with Gasteiger partial charge >= 0.3 is 0 Å². The van der Waals surface area contributed by atoms with Crippen LogP contribution in [0.15, 0.2) is 58.3 Å². The normalized spacial score (nSPS) is 11.8. The van der Waals surface area contributed by atoms with Crippen molar-refractivity contribution in [2.75, 3.05) is 30.5 Å². The van der Waals surface area contributed by atoms with Crippen LogP contribution in [0.4, 0.5) is 11.6 Å². The van der Waals surface area contributed by atoms with Crippen molar-refractivity contribution in [3.63, 3.8) is 0 Å². The standard InChI is InChI=1S/C20H22N6O5S2/c1-30-8-2-10-33(28,29)15-5-3-14(4-6-15)19(26-31-13-18-22-7-9-32-18)20(27)25-17-12-23-16(21)11-24-17/h3-7,9,11-12H,2,8,10,13H2,1H3,(H2,21,23)(H,24,25,27). The molecule has 1 aromatic carbocycles. The summed E-state index contributed by atoms with van der Waals surface area (Å²) in [5.41, 5.74) is 5.79. The molecule has 0 aliphatic rings. The number of aromatic nitrogens is 3. The highest BCUT2D eigenvalue weighted by Gasteiger charge is 2.19. The van der Waals surface area contributed by atoms with Gasteiger partial charge in [-0.2, -0.15) is 0 Å². The van der Waals surface area contributed by atoms with Crippen molar-refractivity contribution in [3.8, 4) is 0 Å². The van der Waals surface area contributed by atoms with Crippen LogP contribution < -0.4 is 11.1 Å². The average Bonchev–Trinajstić information content (AvgIpc) is 3.32. The lowest BCUT2D eigenvalue weighted by Gasteiger charge is -2.09. The second-order valence-electron chi connectivity index (χ2n) is 6.61. The van der Waals surface area contributed by atoms with E-state index in [9.17, 15) is 13.2 Å². The molecular formula is C20H22N6O5S2. The van der Waals surface area contributed by atoms with Gasteiger partial charge in [0.2, 0.25) is 0 Å². The van der Waals surface area contributed by atoms with Crippen LogP contribution in [0.1, 0.15) is 17.0 Å². The van der Waals surface area contributed by atoms with E-state index in [2.05, 4.69) is 25.4 Å². The number of rotatable bonds is 11. The molecule has 33 heavy (non-hydrogen) atoms. The van der Waals surface area contributed by atoms with E-state index in [1.54, 1.807) is 11.6 Å². The molecule has 13 heteroatoms. The first-order valence-corrected chi connectivity index (χ1v) is 12.2. The van der Waals surface area contributed by atoms with Crippen LogP contribution in [-0.2, 0) is 30.8 Å². The number of benzene rings is 1. The second-order valence-corrected chi connectivity index (χ2v) is 9.70. The van der Waals surface area contributed by atoms with Crippen molar-refractivity contribution in [2.24, 2.45) is 5.16 Å². The van der Waals surface area contributed by atoms with E-state index in [1.165, 1.54) is 55.1 Å². The number of hydrogen-bond donors (Lipinski definition) is 2. The second kappa shape index (κ2) is 11.4. The predicted octanol–water partition coefficient (Wildman–Crippen LogP) is 1.89. The molecule has 0 saturated carbocycles. The minimum absolute atomic E-state index is 0.0473. The van der Waals surface area contributed by atoms with E-state index in [1.807, 2.05) is 0 Å². The van der Waals surface area contributed by atoms with E-state index in [0.29, 0.717) is 23.6 Å². The summed E-state index contributed by atoms with van der Waals surface area (Å²) in [6, 6.07) is 5.82. The fourth-order valence-corrected chi connectivity index (χ4v) is 4.42. The number of sulfone groups is 1. The fourth-order valence-electron chi connectivity index (χ4n) is 2.61. The highest BCUT2D eigenvalue weighted by molar-refractivity contribution is 7.91. The van der Waals surface area contributed by atoms with Crippen LogP contribution in [0.2, 0.25) is 0 Å². The van der Waals surface area contributed by atoms with E-state index < -0.39 is 15.7 Å². The van der Waals surface area contributed by atoms with Gasteiger partial charge < -0.3 is 20.6 Å². The number of amides is 1. The van der Waals surface area contributed by atoms with Crippen LogP contribution in [0.5, 0.6) is 0 Å². The largest absolute Gasteiger partial charge is 0.388 e. The number of nitrogens with two attached hydrogens (primary N) is 1. The van der Waals surface area contributed by atoms with Crippen LogP contribution in [0.25, 0.3) is 0 Å². The Bertz CT molecular complexity index is 1180. The molecule has 0 atom stereocenters. The number of nitrogens with zero attached hydrogens (tertiary/aromatic N) is 4. The molecule has 1 amide bonds. The summed E-state index contributed by atoms with van der Waals surface area (Å²) in [4.78, 5) is 30.3. The molecular weight excluding hydrogens is 468 g/mol. The van der Waals surface area contributed by atoms with E-state index in [-0.39, 0.29) is 34.6 Å². The zero-order chi connectivity index (χ0) is 23.7. The third kappa shape index (κ3) is 7.03. The number of carbonyl (C=O) groups is 1. The number of methoxy groups -OCH3 is 1. The van der Waals surface area contributed by atoms with Gasteiger partial charge in [-0.1, -0.05) is 17.3 Å². The van der Waals surface area contributed by atoms with E-state index in [4.69, 9.17) is 15.3 Å². The smallest absolute Gasteiger partial charge is 0.279 e. The quantitative estimate of drug-likeness (QED) is 0.232. The predicted molar refractivity (Wildman–Crippen MR) is 124 cm³/mol. The van der Waals surface area contributed by atoms with Gasteiger partial charge in [-0.3, -0.25) is 4.79 Å². The zero-order valence-electron chi connectivity index (χ0n) is 17.7. The van der Waals surface area contributed by atoms with Crippen molar-refractivity contribution < 1.29 is 22.8 Å². The number of carbonyl (C=O) groups excluding carboxylic acids is 1. The number of anilines is 2. The van der Waals surface area contributed by atoms with Gasteiger partial charge in [-0.25, -0.2) is 23.4 Å². The summed E-state index contributed by atoms with van der Waals surface area (Å²) in [5.74, 6) is -0.298. The molecule has 3 rings (SSSR count). The maximum Gasteiger partial charge on any atom is 0.279 e. The summed E-state index contributed by atoms with van der Waals surface area (Å²) in [6.07, 6.45) is 4.61. The van der Waals surface area contributed by atoms with Crippen molar-refractivity contribution in [3.05, 3.63) is 58.8 Å². The molecule has 174 valence electrons. The van der Waals surface area contributed by atoms with Crippen molar-refractivity contribution in [1.29, 1.82) is 0 Å². The molecule has 2 aromatic heterocycles. The average molecular weight is 491 g/mol. The number of oxime groups is 1. The topological polar surface area (TPSA) is 159 Å². The molecule has 3 aromatic rings. The number of hydrogen-bond acceptors (Lipinski definition) is 11. The number of nitrogen functional groups attached to an aromatic ring is 1. The first-order chi connectivity index (χ1) is 15.9. The van der Waals surface area contributed by atoms with Crippen molar-refractivity contribution in [2.45, 2.75) is 17.9 Å². The summed E-state index contributed by atoms with van der Waals surface area (Å²) in [5, 5.41) is 9.01. The zero-order valence-corrected chi connectivity index (χ0v) is 19.3. The first-order valence-electron chi connectivity index (χ1n) is 9.68. The summed E-state index contributed by atoms with van der Waals surface area (Å²) in [7, 11) is -1.97. The Labute approximate surface area is 194 Å². The van der Waals surface area contributed by atoms with Crippen LogP contribution >= 0.6 is 11.3 Å². The van der Waals surface area contributed by atoms with Gasteiger partial charge in [0.05, 0.1) is 23.0 Å².